The van der Waals surface area contributed by atoms with Gasteiger partial charge in [0.05, 0.1) is 15.9 Å². The Kier molecular flexibility index (Phi) is 3.28. The Morgan fingerprint density at radius 3 is 2.54 bits per heavy atom. The first kappa shape index (κ1) is 15.0. The van der Waals surface area contributed by atoms with Crippen molar-refractivity contribution in [1.29, 1.82) is 0 Å². The number of aromatic nitrogens is 2. The molecule has 0 saturated heterocycles. The van der Waals surface area contributed by atoms with Gasteiger partial charge >= 0.3 is 5.69 Å². The molecule has 6 nitrogen and oxygen atoms in total. The highest BCUT2D eigenvalue weighted by atomic mass is 32.2. The fourth-order valence-electron chi connectivity index (χ4n) is 3.31. The van der Waals surface area contributed by atoms with Gasteiger partial charge in [-0.1, -0.05) is 6.07 Å². The molecule has 1 heterocycles. The maximum Gasteiger partial charge on any atom is 0.340 e. The Labute approximate surface area is 139 Å². The van der Waals surface area contributed by atoms with Crippen LogP contribution in [0.3, 0.4) is 0 Å². The van der Waals surface area contributed by atoms with Crippen LogP contribution in [0.5, 0.6) is 0 Å². The third kappa shape index (κ3) is 2.24. The summed E-state index contributed by atoms with van der Waals surface area (Å²) in [6.07, 6.45) is 4.02. The van der Waals surface area contributed by atoms with Crippen molar-refractivity contribution in [3.63, 3.8) is 0 Å². The Morgan fingerprint density at radius 1 is 1.00 bits per heavy atom. The summed E-state index contributed by atoms with van der Waals surface area (Å²) >= 11 is 0. The zero-order chi connectivity index (χ0) is 16.9. The van der Waals surface area contributed by atoms with Crippen LogP contribution in [-0.4, -0.2) is 17.4 Å². The fraction of sp³-hybridized carbons (Fsp3) is 0.235. The average molecular weight is 343 g/mol. The van der Waals surface area contributed by atoms with Crippen LogP contribution in [-0.2, 0) is 22.9 Å². The number of benzene rings is 2. The number of nitrogens with zero attached hydrogens (tertiary/aromatic N) is 1. The lowest BCUT2D eigenvalue weighted by molar-refractivity contribution is 0.586. The minimum absolute atomic E-state index is 0.133. The quantitative estimate of drug-likeness (QED) is 0.696. The maximum atomic E-state index is 13.0. The second-order valence-electron chi connectivity index (χ2n) is 6.11. The van der Waals surface area contributed by atoms with Crippen LogP contribution in [0.15, 0.2) is 46.1 Å². The number of aryl methyl sites for hydroxylation is 2. The van der Waals surface area contributed by atoms with Crippen LogP contribution in [0.25, 0.3) is 11.0 Å². The normalized spacial score (nSPS) is 14.7. The molecule has 0 unspecified atom stereocenters. The highest BCUT2D eigenvalue weighted by molar-refractivity contribution is 7.90. The summed E-state index contributed by atoms with van der Waals surface area (Å²) in [6.45, 7) is 0. The summed E-state index contributed by atoms with van der Waals surface area (Å²) < 4.78 is 26.9. The molecule has 0 saturated carbocycles. The van der Waals surface area contributed by atoms with E-state index in [1.165, 1.54) is 11.6 Å². The fourth-order valence-corrected chi connectivity index (χ4v) is 4.73. The van der Waals surface area contributed by atoms with Gasteiger partial charge in [0, 0.05) is 5.69 Å². The number of H-pyrrole nitrogens is 1. The number of hydrogen-bond donors (Lipinski definition) is 2. The molecule has 0 aliphatic heterocycles. The third-order valence-corrected chi connectivity index (χ3v) is 6.22. The van der Waals surface area contributed by atoms with E-state index in [1.54, 1.807) is 24.3 Å². The van der Waals surface area contributed by atoms with Crippen molar-refractivity contribution in [1.82, 2.24) is 8.96 Å². The molecule has 0 radical (unpaired) electrons. The van der Waals surface area contributed by atoms with E-state index in [0.717, 1.165) is 35.2 Å². The van der Waals surface area contributed by atoms with Crippen LogP contribution >= 0.6 is 0 Å². The van der Waals surface area contributed by atoms with Gasteiger partial charge < -0.3 is 10.7 Å². The Hall–Kier alpha value is -2.54. The van der Waals surface area contributed by atoms with Crippen LogP contribution in [0.2, 0.25) is 0 Å². The van der Waals surface area contributed by atoms with Crippen molar-refractivity contribution >= 4 is 26.7 Å². The number of nitrogens with one attached hydrogen (secondary N) is 1. The zero-order valence-electron chi connectivity index (χ0n) is 13.0. The minimum Gasteiger partial charge on any atom is -0.399 e. The van der Waals surface area contributed by atoms with E-state index < -0.39 is 15.7 Å². The highest BCUT2D eigenvalue weighted by Gasteiger charge is 2.24. The maximum absolute atomic E-state index is 13.0. The summed E-state index contributed by atoms with van der Waals surface area (Å²) in [5.41, 5.74) is 8.41. The molecule has 0 atom stereocenters. The summed E-state index contributed by atoms with van der Waals surface area (Å²) in [5.74, 6) is 0. The van der Waals surface area contributed by atoms with Gasteiger partial charge in [-0.3, -0.25) is 0 Å². The van der Waals surface area contributed by atoms with Crippen LogP contribution in [0.4, 0.5) is 5.69 Å². The number of aromatic amines is 1. The lowest BCUT2D eigenvalue weighted by Crippen LogP contribution is -2.25. The molecule has 0 fully saturated rings. The monoisotopic (exact) mass is 343 g/mol. The smallest absolute Gasteiger partial charge is 0.340 e. The molecule has 4 rings (SSSR count). The molecule has 0 amide bonds. The van der Waals surface area contributed by atoms with Gasteiger partial charge in [-0.25, -0.2) is 13.2 Å². The SMILES string of the molecule is Nc1ccc2[nH]c(=O)n(S(=O)(=O)c3ccc4c(c3)CCCC4)c2c1. The van der Waals surface area contributed by atoms with E-state index in [9.17, 15) is 13.2 Å². The van der Waals surface area contributed by atoms with E-state index in [-0.39, 0.29) is 10.4 Å². The van der Waals surface area contributed by atoms with E-state index in [1.807, 2.05) is 6.07 Å². The van der Waals surface area contributed by atoms with Gasteiger partial charge in [0.2, 0.25) is 0 Å². The van der Waals surface area contributed by atoms with Crippen LogP contribution in [0.1, 0.15) is 24.0 Å². The summed E-state index contributed by atoms with van der Waals surface area (Å²) in [4.78, 5) is 14.9. The molecule has 3 aromatic rings. The topological polar surface area (TPSA) is 97.9 Å². The molecule has 2 aromatic carbocycles. The zero-order valence-corrected chi connectivity index (χ0v) is 13.8. The van der Waals surface area contributed by atoms with Crippen LogP contribution < -0.4 is 11.4 Å². The van der Waals surface area contributed by atoms with Crippen molar-refractivity contribution in [2.75, 3.05) is 5.73 Å². The van der Waals surface area contributed by atoms with Gasteiger partial charge in [0.15, 0.2) is 0 Å². The standard InChI is InChI=1S/C17H17N3O3S/c18-13-6-8-15-16(10-13)20(17(21)19-15)24(22,23)14-7-5-11-3-1-2-4-12(11)9-14/h5-10H,1-4,18H2,(H,19,21). The first-order valence-corrected chi connectivity index (χ1v) is 9.28. The average Bonchev–Trinajstić information content (AvgIpc) is 2.90. The molecule has 0 bridgehead atoms. The number of nitrogens with two attached hydrogens (primary N) is 1. The molecule has 24 heavy (non-hydrogen) atoms. The molecule has 0 spiro atoms. The van der Waals surface area contributed by atoms with Crippen molar-refractivity contribution in [3.05, 3.63) is 58.0 Å². The summed E-state index contributed by atoms with van der Waals surface area (Å²) in [6, 6.07) is 9.84. The van der Waals surface area contributed by atoms with Crippen molar-refractivity contribution in [2.24, 2.45) is 0 Å². The lowest BCUT2D eigenvalue weighted by atomic mass is 9.92. The summed E-state index contributed by atoms with van der Waals surface area (Å²) in [7, 11) is -3.99. The Morgan fingerprint density at radius 2 is 1.75 bits per heavy atom. The van der Waals surface area contributed by atoms with Crippen molar-refractivity contribution < 1.29 is 8.42 Å². The minimum atomic E-state index is -3.99. The molecule has 1 aliphatic carbocycles. The molecule has 1 aromatic heterocycles. The number of anilines is 1. The van der Waals surface area contributed by atoms with Gasteiger partial charge in [0.25, 0.3) is 10.0 Å². The number of fused-ring (bicyclic) bond motifs is 2. The van der Waals surface area contributed by atoms with Crippen LogP contribution in [0, 0.1) is 0 Å². The van der Waals surface area contributed by atoms with E-state index in [4.69, 9.17) is 5.73 Å². The van der Waals surface area contributed by atoms with Gasteiger partial charge in [-0.2, -0.15) is 3.97 Å². The Bertz CT molecular complexity index is 1110. The first-order valence-electron chi connectivity index (χ1n) is 7.84. The molecule has 3 N–H and O–H groups in total. The van der Waals surface area contributed by atoms with E-state index in [0.29, 0.717) is 11.2 Å². The number of nitrogen functional groups attached to an aromatic ring is 1. The summed E-state index contributed by atoms with van der Waals surface area (Å²) in [5, 5.41) is 0. The molecular weight excluding hydrogens is 326 g/mol. The molecule has 1 aliphatic rings. The van der Waals surface area contributed by atoms with Gasteiger partial charge in [-0.15, -0.1) is 0 Å². The number of rotatable bonds is 2. The van der Waals surface area contributed by atoms with E-state index in [2.05, 4.69) is 4.98 Å². The predicted octanol–water partition coefficient (Wildman–Crippen LogP) is 2.03. The predicted molar refractivity (Wildman–Crippen MR) is 92.6 cm³/mol. The second-order valence-corrected chi connectivity index (χ2v) is 7.90. The highest BCUT2D eigenvalue weighted by Crippen LogP contribution is 2.26. The van der Waals surface area contributed by atoms with Gasteiger partial charge in [-0.05, 0) is 67.1 Å². The van der Waals surface area contributed by atoms with Crippen molar-refractivity contribution in [2.45, 2.75) is 30.6 Å². The van der Waals surface area contributed by atoms with E-state index >= 15 is 0 Å². The second kappa shape index (κ2) is 5.24. The molecule has 7 heteroatoms. The first-order chi connectivity index (χ1) is 11.5. The number of hydrogen-bond acceptors (Lipinski definition) is 4. The Balaban J connectivity index is 1.94. The third-order valence-electron chi connectivity index (χ3n) is 4.52. The molecule has 124 valence electrons. The largest absolute Gasteiger partial charge is 0.399 e. The van der Waals surface area contributed by atoms with Crippen molar-refractivity contribution in [3.8, 4) is 0 Å². The number of imidazole rings is 1. The van der Waals surface area contributed by atoms with Gasteiger partial charge in [0.1, 0.15) is 0 Å². The molecular formula is C17H17N3O3S. The lowest BCUT2D eigenvalue weighted by Gasteiger charge is -2.16.